The van der Waals surface area contributed by atoms with Crippen molar-refractivity contribution in [2.45, 2.75) is 50.4 Å². The smallest absolute Gasteiger partial charge is 0.251 e. The van der Waals surface area contributed by atoms with Crippen LogP contribution >= 0.6 is 11.6 Å². The summed E-state index contributed by atoms with van der Waals surface area (Å²) in [7, 11) is 0. The van der Waals surface area contributed by atoms with Crippen LogP contribution in [0.1, 0.15) is 50.1 Å². The number of benzene rings is 1. The zero-order valence-electron chi connectivity index (χ0n) is 10.9. The fourth-order valence-corrected chi connectivity index (χ4v) is 3.75. The van der Waals surface area contributed by atoms with Crippen molar-refractivity contribution in [2.24, 2.45) is 0 Å². The first kappa shape index (κ1) is 11.9. The van der Waals surface area contributed by atoms with Gasteiger partial charge in [-0.1, -0.05) is 11.6 Å². The van der Waals surface area contributed by atoms with Crippen molar-refractivity contribution in [1.82, 2.24) is 5.32 Å². The maximum Gasteiger partial charge on any atom is 0.251 e. The molecule has 1 spiro atoms. The Morgan fingerprint density at radius 2 is 1.84 bits per heavy atom. The number of rotatable bonds is 1. The quantitative estimate of drug-likeness (QED) is 0.848. The van der Waals surface area contributed by atoms with Gasteiger partial charge in [-0.25, -0.2) is 0 Å². The Hall–Kier alpha value is -0.930. The summed E-state index contributed by atoms with van der Waals surface area (Å²) < 4.78 is 12.1. The molecule has 1 atom stereocenters. The molecule has 1 saturated carbocycles. The molecule has 4 heteroatoms. The first-order valence-electron chi connectivity index (χ1n) is 7.21. The van der Waals surface area contributed by atoms with E-state index in [-0.39, 0.29) is 0 Å². The molecule has 1 unspecified atom stereocenters. The molecule has 102 valence electrons. The van der Waals surface area contributed by atoms with Gasteiger partial charge in [-0.15, -0.1) is 0 Å². The van der Waals surface area contributed by atoms with Gasteiger partial charge in [0.2, 0.25) is 0 Å². The fraction of sp³-hybridized carbons (Fsp3) is 0.600. The van der Waals surface area contributed by atoms with Gasteiger partial charge >= 0.3 is 0 Å². The molecule has 1 N–H and O–H groups in total. The lowest BCUT2D eigenvalue weighted by molar-refractivity contribution is -0.0716. The third-order valence-electron chi connectivity index (χ3n) is 4.46. The molecule has 3 nitrogen and oxygen atoms in total. The lowest BCUT2D eigenvalue weighted by atomic mass is 10.0. The van der Waals surface area contributed by atoms with Crippen molar-refractivity contribution in [3.63, 3.8) is 0 Å². The highest BCUT2D eigenvalue weighted by molar-refractivity contribution is 6.31. The summed E-state index contributed by atoms with van der Waals surface area (Å²) in [5.41, 5.74) is 1.15. The molecule has 1 aromatic rings. The predicted octanol–water partition coefficient (Wildman–Crippen LogP) is 3.81. The molecule has 2 fully saturated rings. The SMILES string of the molecule is Clc1cc2c(cc1C1CCCN1)OC1(CCCC1)O2. The van der Waals surface area contributed by atoms with Gasteiger partial charge in [-0.3, -0.25) is 0 Å². The Labute approximate surface area is 118 Å². The van der Waals surface area contributed by atoms with Crippen molar-refractivity contribution >= 4 is 11.6 Å². The zero-order chi connectivity index (χ0) is 12.9. The molecule has 0 radical (unpaired) electrons. The third kappa shape index (κ3) is 1.91. The Morgan fingerprint density at radius 3 is 2.53 bits per heavy atom. The van der Waals surface area contributed by atoms with Crippen LogP contribution in [0, 0.1) is 0 Å². The van der Waals surface area contributed by atoms with E-state index in [9.17, 15) is 0 Å². The minimum atomic E-state index is -0.395. The van der Waals surface area contributed by atoms with Gasteiger partial charge in [0.05, 0.1) is 0 Å². The minimum absolute atomic E-state index is 0.363. The molecule has 1 aliphatic carbocycles. The first-order chi connectivity index (χ1) is 9.26. The van der Waals surface area contributed by atoms with Crippen LogP contribution < -0.4 is 14.8 Å². The maximum absolute atomic E-state index is 6.41. The zero-order valence-corrected chi connectivity index (χ0v) is 11.6. The third-order valence-corrected chi connectivity index (χ3v) is 4.78. The van der Waals surface area contributed by atoms with Gasteiger partial charge in [-0.05, 0) is 43.9 Å². The van der Waals surface area contributed by atoms with Crippen LogP contribution in [0.4, 0.5) is 0 Å². The van der Waals surface area contributed by atoms with Crippen LogP contribution in [0.15, 0.2) is 12.1 Å². The average Bonchev–Trinajstić information content (AvgIpc) is 3.10. The van der Waals surface area contributed by atoms with E-state index in [1.807, 2.05) is 6.07 Å². The Morgan fingerprint density at radius 1 is 1.11 bits per heavy atom. The van der Waals surface area contributed by atoms with Crippen molar-refractivity contribution in [3.05, 3.63) is 22.7 Å². The van der Waals surface area contributed by atoms with E-state index in [1.54, 1.807) is 0 Å². The highest BCUT2D eigenvalue weighted by Crippen LogP contribution is 2.49. The molecule has 2 heterocycles. The summed E-state index contributed by atoms with van der Waals surface area (Å²) in [4.78, 5) is 0. The monoisotopic (exact) mass is 279 g/mol. The van der Waals surface area contributed by atoms with E-state index in [1.165, 1.54) is 19.3 Å². The number of hydrogen-bond donors (Lipinski definition) is 1. The van der Waals surface area contributed by atoms with E-state index < -0.39 is 5.79 Å². The number of ether oxygens (including phenoxy) is 2. The fourth-order valence-electron chi connectivity index (χ4n) is 3.47. The predicted molar refractivity (Wildman–Crippen MR) is 73.9 cm³/mol. The molecule has 2 aliphatic heterocycles. The molecule has 0 aromatic heterocycles. The Kier molecular flexibility index (Phi) is 2.68. The van der Waals surface area contributed by atoms with Crippen LogP contribution in [-0.2, 0) is 0 Å². The highest BCUT2D eigenvalue weighted by Gasteiger charge is 2.44. The van der Waals surface area contributed by atoms with Crippen LogP contribution in [0.2, 0.25) is 5.02 Å². The van der Waals surface area contributed by atoms with Gasteiger partial charge in [0.1, 0.15) is 0 Å². The Balaban J connectivity index is 1.68. The first-order valence-corrected chi connectivity index (χ1v) is 7.58. The molecule has 19 heavy (non-hydrogen) atoms. The van der Waals surface area contributed by atoms with Crippen LogP contribution in [0.5, 0.6) is 11.5 Å². The molecule has 3 aliphatic rings. The topological polar surface area (TPSA) is 30.5 Å². The molecule has 0 bridgehead atoms. The lowest BCUT2D eigenvalue weighted by Crippen LogP contribution is -2.34. The largest absolute Gasteiger partial charge is 0.448 e. The normalized spacial score (nSPS) is 27.3. The van der Waals surface area contributed by atoms with Gasteiger partial charge in [0.15, 0.2) is 11.5 Å². The van der Waals surface area contributed by atoms with E-state index in [0.29, 0.717) is 6.04 Å². The summed E-state index contributed by atoms with van der Waals surface area (Å²) in [5, 5.41) is 4.27. The Bertz CT molecular complexity index is 505. The molecule has 1 saturated heterocycles. The second kappa shape index (κ2) is 4.29. The van der Waals surface area contributed by atoms with Crippen molar-refractivity contribution in [1.29, 1.82) is 0 Å². The van der Waals surface area contributed by atoms with Crippen molar-refractivity contribution in [3.8, 4) is 11.5 Å². The second-order valence-electron chi connectivity index (χ2n) is 5.79. The van der Waals surface area contributed by atoms with Crippen LogP contribution in [0.25, 0.3) is 0 Å². The highest BCUT2D eigenvalue weighted by atomic mass is 35.5. The van der Waals surface area contributed by atoms with Crippen LogP contribution in [0.3, 0.4) is 0 Å². The molecule has 0 amide bonds. The van der Waals surface area contributed by atoms with Gasteiger partial charge in [-0.2, -0.15) is 0 Å². The van der Waals surface area contributed by atoms with E-state index in [0.717, 1.165) is 47.9 Å². The standard InChI is InChI=1S/C15H18ClNO2/c16-11-9-14-13(8-10(11)12-4-3-7-17-12)18-15(19-14)5-1-2-6-15/h8-9,12,17H,1-7H2. The second-order valence-corrected chi connectivity index (χ2v) is 6.20. The minimum Gasteiger partial charge on any atom is -0.448 e. The van der Waals surface area contributed by atoms with Crippen molar-refractivity contribution in [2.75, 3.05) is 6.54 Å². The van der Waals surface area contributed by atoms with Gasteiger partial charge < -0.3 is 14.8 Å². The van der Waals surface area contributed by atoms with Gasteiger partial charge in [0.25, 0.3) is 5.79 Å². The summed E-state index contributed by atoms with van der Waals surface area (Å²) in [6.45, 7) is 1.07. The van der Waals surface area contributed by atoms with E-state index >= 15 is 0 Å². The number of halogens is 1. The summed E-state index contributed by atoms with van der Waals surface area (Å²) in [5.74, 6) is 1.29. The summed E-state index contributed by atoms with van der Waals surface area (Å²) >= 11 is 6.41. The van der Waals surface area contributed by atoms with E-state index in [4.69, 9.17) is 21.1 Å². The van der Waals surface area contributed by atoms with E-state index in [2.05, 4.69) is 11.4 Å². The number of nitrogens with one attached hydrogen (secondary N) is 1. The molecule has 1 aromatic carbocycles. The summed E-state index contributed by atoms with van der Waals surface area (Å²) in [6.07, 6.45) is 6.67. The number of hydrogen-bond acceptors (Lipinski definition) is 3. The molecular weight excluding hydrogens is 262 g/mol. The molecule has 4 rings (SSSR count). The maximum atomic E-state index is 6.41. The molecular formula is C15H18ClNO2. The van der Waals surface area contributed by atoms with Crippen LogP contribution in [-0.4, -0.2) is 12.3 Å². The number of fused-ring (bicyclic) bond motifs is 1. The summed E-state index contributed by atoms with van der Waals surface area (Å²) in [6, 6.07) is 4.37. The van der Waals surface area contributed by atoms with Gasteiger partial charge in [0, 0.05) is 30.0 Å². The lowest BCUT2D eigenvalue weighted by Gasteiger charge is -2.21. The average molecular weight is 280 g/mol. The van der Waals surface area contributed by atoms with Crippen molar-refractivity contribution < 1.29 is 9.47 Å².